The van der Waals surface area contributed by atoms with Crippen LogP contribution in [0.25, 0.3) is 0 Å². The molecule has 0 unspecified atom stereocenters. The van der Waals surface area contributed by atoms with Crippen molar-refractivity contribution in [3.8, 4) is 5.88 Å². The topological polar surface area (TPSA) is 92.3 Å². The van der Waals surface area contributed by atoms with Crippen LogP contribution in [0.4, 0.5) is 22.9 Å². The summed E-state index contributed by atoms with van der Waals surface area (Å²) >= 11 is 0. The van der Waals surface area contributed by atoms with Gasteiger partial charge >= 0.3 is 0 Å². The predicted molar refractivity (Wildman–Crippen MR) is 105 cm³/mol. The molecule has 0 saturated heterocycles. The summed E-state index contributed by atoms with van der Waals surface area (Å²) in [5.74, 6) is 0.635. The van der Waals surface area contributed by atoms with Crippen molar-refractivity contribution < 1.29 is 9.53 Å². The van der Waals surface area contributed by atoms with E-state index in [-0.39, 0.29) is 11.8 Å². The minimum Gasteiger partial charge on any atom is -0.480 e. The van der Waals surface area contributed by atoms with E-state index in [0.29, 0.717) is 17.1 Å². The number of rotatable bonds is 6. The summed E-state index contributed by atoms with van der Waals surface area (Å²) in [6.45, 7) is 0. The average molecular weight is 364 g/mol. The molecule has 0 saturated carbocycles. The number of anilines is 4. The number of hydrogen-bond donors (Lipinski definition) is 2. The highest BCUT2D eigenvalue weighted by molar-refractivity contribution is 6.05. The third-order valence-electron chi connectivity index (χ3n) is 3.78. The first-order chi connectivity index (χ1) is 13.1. The fraction of sp³-hybridized carbons (Fsp3) is 0.158. The summed E-state index contributed by atoms with van der Waals surface area (Å²) in [4.78, 5) is 18.4. The number of aromatic nitrogens is 3. The van der Waals surface area contributed by atoms with E-state index in [0.717, 1.165) is 11.4 Å². The van der Waals surface area contributed by atoms with Crippen molar-refractivity contribution in [2.24, 2.45) is 0 Å². The Bertz CT molecular complexity index is 927. The van der Waals surface area contributed by atoms with Crippen molar-refractivity contribution in [1.29, 1.82) is 0 Å². The van der Waals surface area contributed by atoms with Crippen molar-refractivity contribution >= 4 is 28.8 Å². The van der Waals surface area contributed by atoms with Crippen molar-refractivity contribution in [1.82, 2.24) is 15.2 Å². The summed E-state index contributed by atoms with van der Waals surface area (Å²) in [6.07, 6.45) is 3.26. The molecule has 8 nitrogen and oxygen atoms in total. The van der Waals surface area contributed by atoms with Gasteiger partial charge in [0.25, 0.3) is 5.91 Å². The number of benzene rings is 1. The number of amides is 1. The SMILES string of the molecule is COc1ncccc1C(=O)Nc1ccc(Nc2cc(N(C)C)cnn2)cc1. The van der Waals surface area contributed by atoms with Crippen LogP contribution in [0, 0.1) is 0 Å². The summed E-state index contributed by atoms with van der Waals surface area (Å²) < 4.78 is 5.12. The normalized spacial score (nSPS) is 10.2. The number of pyridine rings is 1. The number of nitrogens with one attached hydrogen (secondary N) is 2. The van der Waals surface area contributed by atoms with E-state index < -0.39 is 0 Å². The number of nitrogens with zero attached hydrogens (tertiary/aromatic N) is 4. The van der Waals surface area contributed by atoms with Gasteiger partial charge in [-0.2, -0.15) is 5.10 Å². The molecule has 1 aromatic carbocycles. The first kappa shape index (κ1) is 18.1. The van der Waals surface area contributed by atoms with Crippen LogP contribution in [-0.2, 0) is 0 Å². The molecule has 3 rings (SSSR count). The molecule has 0 fully saturated rings. The van der Waals surface area contributed by atoms with Gasteiger partial charge in [0, 0.05) is 37.7 Å². The Morgan fingerprint density at radius 2 is 1.85 bits per heavy atom. The fourth-order valence-electron chi connectivity index (χ4n) is 2.37. The fourth-order valence-corrected chi connectivity index (χ4v) is 2.37. The van der Waals surface area contributed by atoms with Crippen molar-refractivity contribution in [2.75, 3.05) is 36.7 Å². The summed E-state index contributed by atoms with van der Waals surface area (Å²) in [6, 6.07) is 12.5. The van der Waals surface area contributed by atoms with Crippen molar-refractivity contribution in [3.05, 3.63) is 60.4 Å². The van der Waals surface area contributed by atoms with E-state index in [1.165, 1.54) is 7.11 Å². The van der Waals surface area contributed by atoms with Gasteiger partial charge in [0.05, 0.1) is 19.0 Å². The molecule has 1 amide bonds. The van der Waals surface area contributed by atoms with E-state index in [1.54, 1.807) is 36.7 Å². The molecule has 2 N–H and O–H groups in total. The minimum atomic E-state index is -0.287. The Labute approximate surface area is 157 Å². The van der Waals surface area contributed by atoms with E-state index in [2.05, 4.69) is 25.8 Å². The zero-order chi connectivity index (χ0) is 19.2. The van der Waals surface area contributed by atoms with Crippen LogP contribution in [0.1, 0.15) is 10.4 Å². The molecule has 8 heteroatoms. The van der Waals surface area contributed by atoms with E-state index >= 15 is 0 Å². The smallest absolute Gasteiger partial charge is 0.261 e. The van der Waals surface area contributed by atoms with Crippen molar-refractivity contribution in [2.45, 2.75) is 0 Å². The molecule has 27 heavy (non-hydrogen) atoms. The molecular formula is C19H20N6O2. The van der Waals surface area contributed by atoms with Crippen LogP contribution in [0.15, 0.2) is 54.9 Å². The second kappa shape index (κ2) is 8.13. The molecular weight excluding hydrogens is 344 g/mol. The van der Waals surface area contributed by atoms with Gasteiger partial charge in [-0.25, -0.2) is 4.98 Å². The van der Waals surface area contributed by atoms with E-state index in [1.807, 2.05) is 37.2 Å². The lowest BCUT2D eigenvalue weighted by atomic mass is 10.2. The van der Waals surface area contributed by atoms with Gasteiger partial charge in [-0.05, 0) is 36.4 Å². The van der Waals surface area contributed by atoms with Gasteiger partial charge in [0.2, 0.25) is 5.88 Å². The third-order valence-corrected chi connectivity index (χ3v) is 3.78. The number of carbonyl (C=O) groups is 1. The predicted octanol–water partition coefficient (Wildman–Crippen LogP) is 2.94. The zero-order valence-electron chi connectivity index (χ0n) is 15.3. The lowest BCUT2D eigenvalue weighted by molar-refractivity contribution is 0.102. The zero-order valence-corrected chi connectivity index (χ0v) is 15.3. The van der Waals surface area contributed by atoms with Crippen LogP contribution in [0.5, 0.6) is 5.88 Å². The number of methoxy groups -OCH3 is 1. The Morgan fingerprint density at radius 3 is 2.56 bits per heavy atom. The summed E-state index contributed by atoms with van der Waals surface area (Å²) in [5, 5.41) is 14.1. The molecule has 0 atom stereocenters. The van der Waals surface area contributed by atoms with Gasteiger partial charge in [0.1, 0.15) is 5.56 Å². The van der Waals surface area contributed by atoms with Crippen molar-refractivity contribution in [3.63, 3.8) is 0 Å². The molecule has 0 aliphatic carbocycles. The van der Waals surface area contributed by atoms with E-state index in [4.69, 9.17) is 4.74 Å². The van der Waals surface area contributed by atoms with Gasteiger partial charge < -0.3 is 20.3 Å². The maximum Gasteiger partial charge on any atom is 0.261 e. The largest absolute Gasteiger partial charge is 0.480 e. The monoisotopic (exact) mass is 364 g/mol. The van der Waals surface area contributed by atoms with Crippen LogP contribution in [0.3, 0.4) is 0 Å². The molecule has 2 heterocycles. The number of carbonyl (C=O) groups excluding carboxylic acids is 1. The highest BCUT2D eigenvalue weighted by Crippen LogP contribution is 2.21. The molecule has 0 spiro atoms. The van der Waals surface area contributed by atoms with Crippen LogP contribution < -0.4 is 20.3 Å². The Hall–Kier alpha value is -3.68. The molecule has 3 aromatic rings. The first-order valence-electron chi connectivity index (χ1n) is 8.24. The molecule has 0 bridgehead atoms. The standard InChI is InChI=1S/C19H20N6O2/c1-25(2)15-11-17(24-21-12-15)22-13-6-8-14(9-7-13)23-18(26)16-5-4-10-20-19(16)27-3/h4-12H,1-3H3,(H,22,24)(H,23,26). The second-order valence-corrected chi connectivity index (χ2v) is 5.91. The van der Waals surface area contributed by atoms with Gasteiger partial charge in [-0.15, -0.1) is 5.10 Å². The average Bonchev–Trinajstić information content (AvgIpc) is 2.69. The highest BCUT2D eigenvalue weighted by Gasteiger charge is 2.13. The van der Waals surface area contributed by atoms with Crippen LogP contribution in [0.2, 0.25) is 0 Å². The summed E-state index contributed by atoms with van der Waals surface area (Å²) in [7, 11) is 5.36. The van der Waals surface area contributed by atoms with Gasteiger partial charge in [0.15, 0.2) is 5.82 Å². The Kier molecular flexibility index (Phi) is 5.46. The van der Waals surface area contributed by atoms with E-state index in [9.17, 15) is 4.79 Å². The molecule has 138 valence electrons. The first-order valence-corrected chi connectivity index (χ1v) is 8.24. The highest BCUT2D eigenvalue weighted by atomic mass is 16.5. The quantitative estimate of drug-likeness (QED) is 0.695. The second-order valence-electron chi connectivity index (χ2n) is 5.91. The van der Waals surface area contributed by atoms with Gasteiger partial charge in [-0.3, -0.25) is 4.79 Å². The maximum absolute atomic E-state index is 12.4. The van der Waals surface area contributed by atoms with Crippen LogP contribution in [-0.4, -0.2) is 42.3 Å². The number of ether oxygens (including phenoxy) is 1. The molecule has 0 radical (unpaired) electrons. The lowest BCUT2D eigenvalue weighted by Gasteiger charge is -2.13. The van der Waals surface area contributed by atoms with Crippen LogP contribution >= 0.6 is 0 Å². The molecule has 0 aliphatic heterocycles. The maximum atomic E-state index is 12.4. The summed E-state index contributed by atoms with van der Waals surface area (Å²) in [5.41, 5.74) is 2.81. The Balaban J connectivity index is 1.68. The van der Waals surface area contributed by atoms with Gasteiger partial charge in [-0.1, -0.05) is 0 Å². The number of hydrogen-bond acceptors (Lipinski definition) is 7. The minimum absolute atomic E-state index is 0.285. The Morgan fingerprint density at radius 1 is 1.11 bits per heavy atom. The molecule has 2 aromatic heterocycles. The third kappa shape index (κ3) is 4.49. The lowest BCUT2D eigenvalue weighted by Crippen LogP contribution is -2.13. The molecule has 0 aliphatic rings.